The fraction of sp³-hybridized carbons (Fsp3) is 0.385. The van der Waals surface area contributed by atoms with E-state index >= 15 is 0 Å². The fourth-order valence-corrected chi connectivity index (χ4v) is 3.68. The molecule has 2 aromatic carbocycles. The highest BCUT2D eigenvalue weighted by molar-refractivity contribution is 6.00. The Bertz CT molecular complexity index is 1030. The molecule has 180 valence electrons. The summed E-state index contributed by atoms with van der Waals surface area (Å²) in [5, 5.41) is 2.75. The number of anilines is 2. The number of nitrogens with one attached hydrogen (secondary N) is 1. The van der Waals surface area contributed by atoms with Crippen LogP contribution in [0, 0.1) is 5.92 Å². The zero-order chi connectivity index (χ0) is 24.5. The Balaban J connectivity index is 1.51. The van der Waals surface area contributed by atoms with Crippen molar-refractivity contribution in [2.75, 3.05) is 30.0 Å². The average Bonchev–Trinajstić information content (AvgIpc) is 3.24. The van der Waals surface area contributed by atoms with Crippen LogP contribution in [-0.4, -0.2) is 43.5 Å². The normalized spacial score (nSPS) is 15.2. The lowest BCUT2D eigenvalue weighted by atomic mass is 10.1. The highest BCUT2D eigenvalue weighted by atomic mass is 16.5. The van der Waals surface area contributed by atoms with Gasteiger partial charge in [-0.2, -0.15) is 0 Å². The molecule has 0 unspecified atom stereocenters. The van der Waals surface area contributed by atoms with Gasteiger partial charge in [-0.05, 0) is 48.7 Å². The predicted octanol–water partition coefficient (Wildman–Crippen LogP) is 3.74. The van der Waals surface area contributed by atoms with Crippen molar-refractivity contribution in [3.63, 3.8) is 0 Å². The number of para-hydroxylation sites is 1. The van der Waals surface area contributed by atoms with Gasteiger partial charge < -0.3 is 19.7 Å². The maximum atomic E-state index is 12.5. The summed E-state index contributed by atoms with van der Waals surface area (Å²) >= 11 is 0. The van der Waals surface area contributed by atoms with E-state index in [1.54, 1.807) is 30.3 Å². The van der Waals surface area contributed by atoms with Crippen LogP contribution in [0.2, 0.25) is 0 Å². The molecule has 3 rings (SSSR count). The van der Waals surface area contributed by atoms with E-state index < -0.39 is 30.4 Å². The smallest absolute Gasteiger partial charge is 0.338 e. The second kappa shape index (κ2) is 12.0. The van der Waals surface area contributed by atoms with Crippen LogP contribution in [0.1, 0.15) is 49.0 Å². The minimum atomic E-state index is -0.665. The number of carbonyl (C=O) groups excluding carboxylic acids is 4. The van der Waals surface area contributed by atoms with Crippen LogP contribution in [0.3, 0.4) is 0 Å². The topological polar surface area (TPSA) is 102 Å². The molecule has 0 bridgehead atoms. The molecular weight excluding hydrogens is 436 g/mol. The van der Waals surface area contributed by atoms with E-state index in [0.717, 1.165) is 24.8 Å². The molecule has 2 aromatic rings. The van der Waals surface area contributed by atoms with Crippen LogP contribution in [0.15, 0.2) is 48.5 Å². The van der Waals surface area contributed by atoms with Crippen LogP contribution < -0.4 is 10.2 Å². The van der Waals surface area contributed by atoms with Gasteiger partial charge in [-0.15, -0.1) is 0 Å². The van der Waals surface area contributed by atoms with Crippen molar-refractivity contribution in [1.82, 2.24) is 0 Å². The number of amides is 2. The summed E-state index contributed by atoms with van der Waals surface area (Å²) in [5.74, 6) is -2.32. The number of carbonyl (C=O) groups is 4. The lowest BCUT2D eigenvalue weighted by Crippen LogP contribution is -2.28. The Hall–Kier alpha value is -3.68. The predicted molar refractivity (Wildman–Crippen MR) is 128 cm³/mol. The fourth-order valence-electron chi connectivity index (χ4n) is 3.68. The number of rotatable bonds is 10. The molecular formula is C26H30N2O6. The van der Waals surface area contributed by atoms with Crippen molar-refractivity contribution in [2.24, 2.45) is 5.92 Å². The van der Waals surface area contributed by atoms with Gasteiger partial charge in [0, 0.05) is 24.3 Å². The number of nitrogens with zero attached hydrogens (tertiary/aromatic N) is 1. The van der Waals surface area contributed by atoms with Gasteiger partial charge in [0.1, 0.15) is 0 Å². The monoisotopic (exact) mass is 466 g/mol. The van der Waals surface area contributed by atoms with Crippen LogP contribution in [0.5, 0.6) is 0 Å². The molecule has 8 heteroatoms. The Kier molecular flexibility index (Phi) is 8.79. The van der Waals surface area contributed by atoms with Crippen LogP contribution >= 0.6 is 0 Å². The average molecular weight is 467 g/mol. The summed E-state index contributed by atoms with van der Waals surface area (Å²) in [6, 6.07) is 13.9. The van der Waals surface area contributed by atoms with E-state index in [0.29, 0.717) is 23.5 Å². The minimum Gasteiger partial charge on any atom is -0.462 e. The van der Waals surface area contributed by atoms with E-state index in [9.17, 15) is 19.2 Å². The minimum absolute atomic E-state index is 0.0000681. The summed E-state index contributed by atoms with van der Waals surface area (Å²) in [7, 11) is 0. The molecule has 1 aliphatic rings. The Labute approximate surface area is 199 Å². The highest BCUT2D eigenvalue weighted by Crippen LogP contribution is 2.26. The van der Waals surface area contributed by atoms with Crippen molar-refractivity contribution >= 4 is 35.1 Å². The Morgan fingerprint density at radius 3 is 2.47 bits per heavy atom. The number of hydrogen-bond acceptors (Lipinski definition) is 6. The van der Waals surface area contributed by atoms with Gasteiger partial charge in [0.25, 0.3) is 5.91 Å². The van der Waals surface area contributed by atoms with E-state index in [4.69, 9.17) is 9.47 Å². The van der Waals surface area contributed by atoms with Crippen molar-refractivity contribution in [3.8, 4) is 0 Å². The standard InChI is InChI=1S/C26H30N2O6/c1-3-5-14-33-25(31)19-10-12-21(13-11-19)28-16-20(15-24(28)30)26(32)34-17-23(29)27-22-9-7-6-8-18(22)4-2/h6-13,20H,3-5,14-17H2,1-2H3,(H,27,29)/t20-/m0/s1. The number of unbranched alkanes of at least 4 members (excludes halogenated alkanes) is 1. The van der Waals surface area contributed by atoms with Gasteiger partial charge in [0.15, 0.2) is 6.61 Å². The first kappa shape index (κ1) is 25.0. The number of benzene rings is 2. The molecule has 0 saturated carbocycles. The first-order valence-electron chi connectivity index (χ1n) is 11.5. The van der Waals surface area contributed by atoms with Gasteiger partial charge >= 0.3 is 11.9 Å². The second-order valence-corrected chi connectivity index (χ2v) is 8.11. The number of hydrogen-bond donors (Lipinski definition) is 1. The van der Waals surface area contributed by atoms with Gasteiger partial charge in [-0.3, -0.25) is 14.4 Å². The molecule has 1 atom stereocenters. The van der Waals surface area contributed by atoms with E-state index in [-0.39, 0.29) is 18.9 Å². The summed E-state index contributed by atoms with van der Waals surface area (Å²) in [6.07, 6.45) is 2.50. The summed E-state index contributed by atoms with van der Waals surface area (Å²) in [6.45, 7) is 4.10. The van der Waals surface area contributed by atoms with Gasteiger partial charge in [-0.25, -0.2) is 4.79 Å². The van der Waals surface area contributed by atoms with E-state index in [1.807, 2.05) is 32.0 Å². The first-order chi connectivity index (χ1) is 16.4. The molecule has 2 amide bonds. The molecule has 1 N–H and O–H groups in total. The molecule has 34 heavy (non-hydrogen) atoms. The number of esters is 2. The van der Waals surface area contributed by atoms with Gasteiger partial charge in [0.05, 0.1) is 18.1 Å². The molecule has 0 radical (unpaired) electrons. The van der Waals surface area contributed by atoms with Crippen LogP contribution in [-0.2, 0) is 30.3 Å². The van der Waals surface area contributed by atoms with Crippen molar-refractivity contribution < 1.29 is 28.7 Å². The molecule has 0 spiro atoms. The molecule has 0 aliphatic carbocycles. The second-order valence-electron chi connectivity index (χ2n) is 8.11. The molecule has 1 fully saturated rings. The number of ether oxygens (including phenoxy) is 2. The summed E-state index contributed by atoms with van der Waals surface area (Å²) in [5.41, 5.74) is 2.66. The molecule has 8 nitrogen and oxygen atoms in total. The van der Waals surface area contributed by atoms with Crippen molar-refractivity contribution in [1.29, 1.82) is 0 Å². The highest BCUT2D eigenvalue weighted by Gasteiger charge is 2.36. The zero-order valence-electron chi connectivity index (χ0n) is 19.5. The Morgan fingerprint density at radius 2 is 1.76 bits per heavy atom. The molecule has 1 saturated heterocycles. The lowest BCUT2D eigenvalue weighted by Gasteiger charge is -2.17. The van der Waals surface area contributed by atoms with Crippen LogP contribution in [0.25, 0.3) is 0 Å². The van der Waals surface area contributed by atoms with Gasteiger partial charge in [0.2, 0.25) is 5.91 Å². The first-order valence-corrected chi connectivity index (χ1v) is 11.5. The molecule has 0 aromatic heterocycles. The third-order valence-corrected chi connectivity index (χ3v) is 5.62. The third kappa shape index (κ3) is 6.43. The quantitative estimate of drug-likeness (QED) is 0.423. The lowest BCUT2D eigenvalue weighted by molar-refractivity contribution is -0.151. The van der Waals surface area contributed by atoms with E-state index in [1.165, 1.54) is 4.90 Å². The molecule has 1 aliphatic heterocycles. The summed E-state index contributed by atoms with van der Waals surface area (Å²) in [4.78, 5) is 50.7. The largest absolute Gasteiger partial charge is 0.462 e. The third-order valence-electron chi connectivity index (χ3n) is 5.62. The maximum Gasteiger partial charge on any atom is 0.338 e. The van der Waals surface area contributed by atoms with Crippen LogP contribution in [0.4, 0.5) is 11.4 Å². The van der Waals surface area contributed by atoms with Crippen molar-refractivity contribution in [3.05, 3.63) is 59.7 Å². The SMILES string of the molecule is CCCCOC(=O)c1ccc(N2C[C@@H](C(=O)OCC(=O)Nc3ccccc3CC)CC2=O)cc1. The van der Waals surface area contributed by atoms with Crippen molar-refractivity contribution in [2.45, 2.75) is 39.5 Å². The van der Waals surface area contributed by atoms with E-state index in [2.05, 4.69) is 5.32 Å². The van der Waals surface area contributed by atoms with Gasteiger partial charge in [-0.1, -0.05) is 38.5 Å². The summed E-state index contributed by atoms with van der Waals surface area (Å²) < 4.78 is 10.4. The molecule has 1 heterocycles. The maximum absolute atomic E-state index is 12.5. The Morgan fingerprint density at radius 1 is 1.03 bits per heavy atom. The zero-order valence-corrected chi connectivity index (χ0v) is 19.5. The number of aryl methyl sites for hydroxylation is 1.